The summed E-state index contributed by atoms with van der Waals surface area (Å²) in [5.74, 6) is 0.412. The minimum atomic E-state index is 0.412. The first-order valence-corrected chi connectivity index (χ1v) is 3.95. The van der Waals surface area contributed by atoms with E-state index in [0.29, 0.717) is 11.5 Å². The first kappa shape index (κ1) is 9.32. The van der Waals surface area contributed by atoms with Crippen molar-refractivity contribution in [2.75, 3.05) is 12.8 Å². The van der Waals surface area contributed by atoms with Crippen LogP contribution in [0.4, 0.5) is 5.69 Å². The highest BCUT2D eigenvalue weighted by Gasteiger charge is 2.02. The Morgan fingerprint density at radius 1 is 1.46 bits per heavy atom. The number of nitrogens with one attached hydrogen (secondary N) is 1. The molecule has 0 fully saturated rings. The summed E-state index contributed by atoms with van der Waals surface area (Å²) in [6.07, 6.45) is 1.60. The molecule has 0 radical (unpaired) electrons. The molecule has 0 saturated heterocycles. The molecule has 0 aromatic heterocycles. The van der Waals surface area contributed by atoms with Crippen molar-refractivity contribution in [2.45, 2.75) is 0 Å². The number of rotatable bonds is 2. The zero-order valence-corrected chi connectivity index (χ0v) is 7.62. The van der Waals surface area contributed by atoms with Crippen molar-refractivity contribution in [3.05, 3.63) is 42.6 Å². The fourth-order valence-corrected chi connectivity index (χ4v) is 0.936. The maximum absolute atomic E-state index is 7.72. The summed E-state index contributed by atoms with van der Waals surface area (Å²) < 4.78 is 0. The molecule has 0 unspecified atom stereocenters. The Kier molecular flexibility index (Phi) is 2.69. The average molecular weight is 175 g/mol. The van der Waals surface area contributed by atoms with Gasteiger partial charge in [-0.3, -0.25) is 5.41 Å². The van der Waals surface area contributed by atoms with Gasteiger partial charge in [0.1, 0.15) is 5.84 Å². The zero-order chi connectivity index (χ0) is 9.84. The third-order valence-electron chi connectivity index (χ3n) is 1.81. The molecular weight excluding hydrogens is 162 g/mol. The molecule has 3 heteroatoms. The van der Waals surface area contributed by atoms with E-state index >= 15 is 0 Å². The molecule has 0 spiro atoms. The lowest BCUT2D eigenvalue weighted by Crippen LogP contribution is -2.20. The van der Waals surface area contributed by atoms with Crippen LogP contribution in [0.5, 0.6) is 0 Å². The van der Waals surface area contributed by atoms with Crippen molar-refractivity contribution in [2.24, 2.45) is 0 Å². The largest absolute Gasteiger partial charge is 0.399 e. The van der Waals surface area contributed by atoms with Gasteiger partial charge >= 0.3 is 0 Å². The second-order valence-corrected chi connectivity index (χ2v) is 2.76. The van der Waals surface area contributed by atoms with Gasteiger partial charge in [-0.25, -0.2) is 0 Å². The third kappa shape index (κ3) is 2.08. The van der Waals surface area contributed by atoms with Gasteiger partial charge in [0.15, 0.2) is 0 Å². The van der Waals surface area contributed by atoms with Crippen LogP contribution >= 0.6 is 0 Å². The van der Waals surface area contributed by atoms with Crippen LogP contribution in [0, 0.1) is 5.41 Å². The number of anilines is 1. The molecular formula is C10H13N3. The Hall–Kier alpha value is -1.77. The molecule has 3 nitrogen and oxygen atoms in total. The second-order valence-electron chi connectivity index (χ2n) is 2.76. The Bertz CT molecular complexity index is 313. The molecule has 0 bridgehead atoms. The normalized spacial score (nSPS) is 9.31. The van der Waals surface area contributed by atoms with Crippen LogP contribution in [0.3, 0.4) is 0 Å². The first-order valence-electron chi connectivity index (χ1n) is 3.95. The van der Waals surface area contributed by atoms with Crippen LogP contribution in [0.25, 0.3) is 0 Å². The average Bonchev–Trinajstić information content (AvgIpc) is 2.17. The van der Waals surface area contributed by atoms with E-state index in [4.69, 9.17) is 11.1 Å². The van der Waals surface area contributed by atoms with Gasteiger partial charge in [-0.05, 0) is 30.5 Å². The highest BCUT2D eigenvalue weighted by molar-refractivity contribution is 5.96. The quantitative estimate of drug-likeness (QED) is 0.408. The maximum Gasteiger partial charge on any atom is 0.131 e. The Morgan fingerprint density at radius 2 is 2.00 bits per heavy atom. The minimum Gasteiger partial charge on any atom is -0.399 e. The van der Waals surface area contributed by atoms with E-state index in [0.717, 1.165) is 5.56 Å². The summed E-state index contributed by atoms with van der Waals surface area (Å²) in [6.45, 7) is 3.59. The van der Waals surface area contributed by atoms with Crippen molar-refractivity contribution in [3.8, 4) is 0 Å². The van der Waals surface area contributed by atoms with Gasteiger partial charge in [-0.15, -0.1) is 0 Å². The van der Waals surface area contributed by atoms with Gasteiger partial charge in [0.25, 0.3) is 0 Å². The second kappa shape index (κ2) is 3.76. The number of nitrogens with zero attached hydrogens (tertiary/aromatic N) is 1. The number of nitrogens with two attached hydrogens (primary N) is 1. The predicted octanol–water partition coefficient (Wildman–Crippen LogP) is 1.67. The first-order chi connectivity index (χ1) is 6.15. The Labute approximate surface area is 78.0 Å². The maximum atomic E-state index is 7.72. The van der Waals surface area contributed by atoms with E-state index in [1.54, 1.807) is 30.3 Å². The van der Waals surface area contributed by atoms with Crippen molar-refractivity contribution >= 4 is 11.5 Å². The van der Waals surface area contributed by atoms with Gasteiger partial charge < -0.3 is 10.6 Å². The number of hydrogen-bond acceptors (Lipinski definition) is 2. The van der Waals surface area contributed by atoms with E-state index in [1.807, 2.05) is 12.1 Å². The van der Waals surface area contributed by atoms with Crippen LogP contribution in [-0.2, 0) is 0 Å². The van der Waals surface area contributed by atoms with E-state index in [2.05, 4.69) is 6.58 Å². The molecule has 0 aliphatic heterocycles. The highest BCUT2D eigenvalue weighted by atomic mass is 15.1. The SMILES string of the molecule is C=CN(C)C(=N)c1ccc(N)cc1. The molecule has 0 aliphatic rings. The van der Waals surface area contributed by atoms with Crippen LogP contribution in [0.1, 0.15) is 5.56 Å². The molecule has 0 aliphatic carbocycles. The van der Waals surface area contributed by atoms with E-state index in [9.17, 15) is 0 Å². The molecule has 0 saturated carbocycles. The van der Waals surface area contributed by atoms with Gasteiger partial charge in [-0.2, -0.15) is 0 Å². The molecule has 0 atom stereocenters. The Balaban J connectivity index is 2.89. The molecule has 1 rings (SSSR count). The number of benzene rings is 1. The monoisotopic (exact) mass is 175 g/mol. The van der Waals surface area contributed by atoms with Crippen molar-refractivity contribution in [1.29, 1.82) is 5.41 Å². The Morgan fingerprint density at radius 3 is 2.46 bits per heavy atom. The van der Waals surface area contributed by atoms with E-state index in [1.165, 1.54) is 0 Å². The van der Waals surface area contributed by atoms with Crippen molar-refractivity contribution < 1.29 is 0 Å². The number of nitrogen functional groups attached to an aromatic ring is 1. The fraction of sp³-hybridized carbons (Fsp3) is 0.100. The molecule has 0 amide bonds. The standard InChI is InChI=1S/C10H13N3/c1-3-13(2)10(12)8-4-6-9(11)7-5-8/h3-7,12H,1,11H2,2H3. The van der Waals surface area contributed by atoms with Crippen LogP contribution < -0.4 is 5.73 Å². The third-order valence-corrected chi connectivity index (χ3v) is 1.81. The number of hydrogen-bond donors (Lipinski definition) is 2. The molecule has 13 heavy (non-hydrogen) atoms. The lowest BCUT2D eigenvalue weighted by molar-refractivity contribution is 0.686. The van der Waals surface area contributed by atoms with Crippen LogP contribution in [0.15, 0.2) is 37.0 Å². The van der Waals surface area contributed by atoms with Gasteiger partial charge in [-0.1, -0.05) is 6.58 Å². The molecule has 0 heterocycles. The van der Waals surface area contributed by atoms with Gasteiger partial charge in [0.2, 0.25) is 0 Å². The van der Waals surface area contributed by atoms with Gasteiger partial charge in [0, 0.05) is 18.3 Å². The zero-order valence-electron chi connectivity index (χ0n) is 7.62. The molecule has 68 valence electrons. The minimum absolute atomic E-state index is 0.412. The van der Waals surface area contributed by atoms with Crippen LogP contribution in [-0.4, -0.2) is 17.8 Å². The lowest BCUT2D eigenvalue weighted by atomic mass is 10.2. The summed E-state index contributed by atoms with van der Waals surface area (Å²) in [6, 6.07) is 7.19. The predicted molar refractivity (Wildman–Crippen MR) is 55.6 cm³/mol. The molecule has 1 aromatic carbocycles. The summed E-state index contributed by atoms with van der Waals surface area (Å²) in [7, 11) is 1.78. The summed E-state index contributed by atoms with van der Waals surface area (Å²) in [5, 5.41) is 7.72. The summed E-state index contributed by atoms with van der Waals surface area (Å²) >= 11 is 0. The summed E-state index contributed by atoms with van der Waals surface area (Å²) in [4.78, 5) is 1.64. The molecule has 1 aromatic rings. The highest BCUT2D eigenvalue weighted by Crippen LogP contribution is 2.07. The van der Waals surface area contributed by atoms with E-state index < -0.39 is 0 Å². The fourth-order valence-electron chi connectivity index (χ4n) is 0.936. The van der Waals surface area contributed by atoms with Crippen molar-refractivity contribution in [1.82, 2.24) is 4.90 Å². The van der Waals surface area contributed by atoms with E-state index in [-0.39, 0.29) is 0 Å². The smallest absolute Gasteiger partial charge is 0.131 e. The van der Waals surface area contributed by atoms with Gasteiger partial charge in [0.05, 0.1) is 0 Å². The number of amidine groups is 1. The summed E-state index contributed by atoms with van der Waals surface area (Å²) in [5.41, 5.74) is 7.07. The topological polar surface area (TPSA) is 53.1 Å². The van der Waals surface area contributed by atoms with Crippen LogP contribution in [0.2, 0.25) is 0 Å². The van der Waals surface area contributed by atoms with Crippen molar-refractivity contribution in [3.63, 3.8) is 0 Å². The molecule has 3 N–H and O–H groups in total. The lowest BCUT2D eigenvalue weighted by Gasteiger charge is -2.14.